The normalized spacial score (nSPS) is 11.9. The van der Waals surface area contributed by atoms with Gasteiger partial charge >= 0.3 is 0 Å². The Morgan fingerprint density at radius 2 is 1.88 bits per heavy atom. The highest BCUT2D eigenvalue weighted by molar-refractivity contribution is 9.10. The van der Waals surface area contributed by atoms with Gasteiger partial charge in [-0.1, -0.05) is 70.0 Å². The minimum atomic E-state index is -0.473. The molecule has 0 spiro atoms. The second-order valence-corrected chi connectivity index (χ2v) is 8.55. The lowest BCUT2D eigenvalue weighted by molar-refractivity contribution is -0.117. The number of hydrogen-bond acceptors (Lipinski definition) is 4. The summed E-state index contributed by atoms with van der Waals surface area (Å²) in [5, 5.41) is 12.7. The Morgan fingerprint density at radius 1 is 1.18 bits per heavy atom. The van der Waals surface area contributed by atoms with Crippen LogP contribution < -0.4 is 14.8 Å². The first-order valence-corrected chi connectivity index (χ1v) is 11.3. The van der Waals surface area contributed by atoms with E-state index in [1.54, 1.807) is 12.1 Å². The molecule has 1 atom stereocenters. The summed E-state index contributed by atoms with van der Waals surface area (Å²) >= 11 is 9.86. The predicted molar refractivity (Wildman–Crippen MR) is 133 cm³/mol. The molecule has 1 N–H and O–H groups in total. The van der Waals surface area contributed by atoms with Crippen molar-refractivity contribution in [2.24, 2.45) is 0 Å². The lowest BCUT2D eigenvalue weighted by Crippen LogP contribution is -2.27. The van der Waals surface area contributed by atoms with Gasteiger partial charge in [0.1, 0.15) is 18.2 Å². The first kappa shape index (κ1) is 24.4. The van der Waals surface area contributed by atoms with Gasteiger partial charge < -0.3 is 14.8 Å². The van der Waals surface area contributed by atoms with Gasteiger partial charge in [-0.15, -0.1) is 0 Å². The van der Waals surface area contributed by atoms with Crippen LogP contribution in [-0.4, -0.2) is 13.0 Å². The molecule has 3 aromatic rings. The molecule has 0 aromatic heterocycles. The summed E-state index contributed by atoms with van der Waals surface area (Å²) in [6.45, 7) is 2.17. The van der Waals surface area contributed by atoms with Gasteiger partial charge in [0.05, 0.1) is 18.2 Å². The third-order valence-corrected chi connectivity index (χ3v) is 5.68. The molecule has 7 heteroatoms. The molecule has 0 aliphatic heterocycles. The number of hydrogen-bond donors (Lipinski definition) is 1. The molecule has 0 aliphatic carbocycles. The molecule has 3 aromatic carbocycles. The zero-order chi connectivity index (χ0) is 23.8. The van der Waals surface area contributed by atoms with E-state index in [-0.39, 0.29) is 11.6 Å². The molecule has 33 heavy (non-hydrogen) atoms. The van der Waals surface area contributed by atoms with Crippen molar-refractivity contribution in [1.82, 2.24) is 5.32 Å². The maximum atomic E-state index is 12.7. The number of ether oxygens (including phenoxy) is 2. The molecule has 0 saturated heterocycles. The van der Waals surface area contributed by atoms with Crippen LogP contribution in [0.15, 0.2) is 76.8 Å². The number of amides is 1. The summed E-state index contributed by atoms with van der Waals surface area (Å²) in [5.41, 5.74) is 2.42. The van der Waals surface area contributed by atoms with Crippen LogP contribution in [0.2, 0.25) is 5.02 Å². The summed E-state index contributed by atoms with van der Waals surface area (Å²) in [7, 11) is 1.51. The van der Waals surface area contributed by atoms with E-state index in [1.165, 1.54) is 13.2 Å². The van der Waals surface area contributed by atoms with Crippen molar-refractivity contribution >= 4 is 39.5 Å². The Bertz CT molecular complexity index is 1190. The number of carbonyl (C=O) groups is 1. The summed E-state index contributed by atoms with van der Waals surface area (Å²) in [6, 6.07) is 22.3. The zero-order valence-corrected chi connectivity index (χ0v) is 20.5. The number of halogens is 2. The number of methoxy groups -OCH3 is 1. The van der Waals surface area contributed by atoms with Crippen molar-refractivity contribution in [3.63, 3.8) is 0 Å². The van der Waals surface area contributed by atoms with Crippen molar-refractivity contribution in [3.05, 3.63) is 98.5 Å². The maximum absolute atomic E-state index is 12.7. The van der Waals surface area contributed by atoms with E-state index >= 15 is 0 Å². The quantitative estimate of drug-likeness (QED) is 0.270. The molecule has 1 amide bonds. The topological polar surface area (TPSA) is 71.3 Å². The summed E-state index contributed by atoms with van der Waals surface area (Å²) in [6.07, 6.45) is 1.47. The standard InChI is InChI=1S/C26H22BrClN2O3/c1-17(20-6-4-3-5-7-20)30-26(31)21(15-29)12-19-13-23(28)25(24(14-19)32-2)33-16-18-8-10-22(27)11-9-18/h3-14,17H,16H2,1-2H3,(H,30,31)/b21-12-/t17-/m1/s1. The average Bonchev–Trinajstić information content (AvgIpc) is 2.83. The molecule has 0 unspecified atom stereocenters. The summed E-state index contributed by atoms with van der Waals surface area (Å²) < 4.78 is 12.3. The van der Waals surface area contributed by atoms with Crippen LogP contribution in [0.3, 0.4) is 0 Å². The SMILES string of the molecule is COc1cc(/C=C(/C#N)C(=O)N[C@H](C)c2ccccc2)cc(Cl)c1OCc1ccc(Br)cc1. The van der Waals surface area contributed by atoms with E-state index in [2.05, 4.69) is 21.2 Å². The van der Waals surface area contributed by atoms with Crippen LogP contribution in [0.25, 0.3) is 6.08 Å². The van der Waals surface area contributed by atoms with Crippen LogP contribution in [0.4, 0.5) is 0 Å². The fourth-order valence-electron chi connectivity index (χ4n) is 3.11. The van der Waals surface area contributed by atoms with Crippen molar-refractivity contribution < 1.29 is 14.3 Å². The van der Waals surface area contributed by atoms with E-state index in [0.717, 1.165) is 15.6 Å². The molecule has 0 heterocycles. The molecule has 3 rings (SSSR count). The minimum Gasteiger partial charge on any atom is -0.493 e. The monoisotopic (exact) mass is 524 g/mol. The van der Waals surface area contributed by atoms with E-state index in [1.807, 2.05) is 67.6 Å². The van der Waals surface area contributed by atoms with Gasteiger partial charge in [-0.3, -0.25) is 4.79 Å². The Morgan fingerprint density at radius 3 is 2.52 bits per heavy atom. The number of nitriles is 1. The Balaban J connectivity index is 1.78. The average molecular weight is 526 g/mol. The molecule has 168 valence electrons. The molecule has 5 nitrogen and oxygen atoms in total. The summed E-state index contributed by atoms with van der Waals surface area (Å²) in [4.78, 5) is 12.7. The van der Waals surface area contributed by atoms with Crippen molar-refractivity contribution in [2.45, 2.75) is 19.6 Å². The lowest BCUT2D eigenvalue weighted by Gasteiger charge is -2.15. The van der Waals surface area contributed by atoms with Crippen LogP contribution >= 0.6 is 27.5 Å². The molecule has 0 saturated carbocycles. The number of carbonyl (C=O) groups excluding carboxylic acids is 1. The van der Waals surface area contributed by atoms with Gasteiger partial charge in [0.15, 0.2) is 11.5 Å². The van der Waals surface area contributed by atoms with Gasteiger partial charge in [-0.05, 0) is 54.0 Å². The highest BCUT2D eigenvalue weighted by atomic mass is 79.9. The van der Waals surface area contributed by atoms with Gasteiger partial charge in [0, 0.05) is 4.47 Å². The molecule has 0 radical (unpaired) electrons. The highest BCUT2D eigenvalue weighted by Gasteiger charge is 2.16. The number of benzene rings is 3. The Hall–Kier alpha value is -3.27. The fourth-order valence-corrected chi connectivity index (χ4v) is 3.65. The van der Waals surface area contributed by atoms with Crippen molar-refractivity contribution in [3.8, 4) is 17.6 Å². The van der Waals surface area contributed by atoms with E-state index in [4.69, 9.17) is 21.1 Å². The van der Waals surface area contributed by atoms with Crippen LogP contribution in [0.5, 0.6) is 11.5 Å². The molecule has 0 fully saturated rings. The molecule has 0 bridgehead atoms. The zero-order valence-electron chi connectivity index (χ0n) is 18.1. The van der Waals surface area contributed by atoms with E-state index in [0.29, 0.717) is 28.7 Å². The first-order chi connectivity index (χ1) is 15.9. The van der Waals surface area contributed by atoms with Crippen LogP contribution in [-0.2, 0) is 11.4 Å². The molecule has 0 aliphatic rings. The van der Waals surface area contributed by atoms with Crippen LogP contribution in [0.1, 0.15) is 29.7 Å². The van der Waals surface area contributed by atoms with Crippen molar-refractivity contribution in [2.75, 3.05) is 7.11 Å². The number of nitrogens with zero attached hydrogens (tertiary/aromatic N) is 1. The maximum Gasteiger partial charge on any atom is 0.262 e. The second-order valence-electron chi connectivity index (χ2n) is 7.22. The summed E-state index contributed by atoms with van der Waals surface area (Å²) in [5.74, 6) is 0.320. The first-order valence-electron chi connectivity index (χ1n) is 10.1. The lowest BCUT2D eigenvalue weighted by atomic mass is 10.1. The van der Waals surface area contributed by atoms with Gasteiger partial charge in [-0.2, -0.15) is 5.26 Å². The minimum absolute atomic E-state index is 0.0422. The third-order valence-electron chi connectivity index (χ3n) is 4.87. The Labute approximate surface area is 206 Å². The Kier molecular flexibility index (Phi) is 8.53. The van der Waals surface area contributed by atoms with Gasteiger partial charge in [0.2, 0.25) is 0 Å². The predicted octanol–water partition coefficient (Wildman–Crippen LogP) is 6.47. The number of rotatable bonds is 8. The molecular weight excluding hydrogens is 504 g/mol. The van der Waals surface area contributed by atoms with Crippen LogP contribution in [0, 0.1) is 11.3 Å². The van der Waals surface area contributed by atoms with E-state index < -0.39 is 5.91 Å². The van der Waals surface area contributed by atoms with Gasteiger partial charge in [-0.25, -0.2) is 0 Å². The highest BCUT2D eigenvalue weighted by Crippen LogP contribution is 2.37. The second kappa shape index (κ2) is 11.6. The third kappa shape index (κ3) is 6.61. The van der Waals surface area contributed by atoms with Gasteiger partial charge in [0.25, 0.3) is 5.91 Å². The smallest absolute Gasteiger partial charge is 0.262 e. The molecular formula is C26H22BrClN2O3. The fraction of sp³-hybridized carbons (Fsp3) is 0.154. The van der Waals surface area contributed by atoms with E-state index in [9.17, 15) is 10.1 Å². The largest absolute Gasteiger partial charge is 0.493 e. The van der Waals surface area contributed by atoms with Crippen molar-refractivity contribution in [1.29, 1.82) is 5.26 Å². The number of nitrogens with one attached hydrogen (secondary N) is 1.